The Balaban J connectivity index is 2.11. The van der Waals surface area contributed by atoms with E-state index in [4.69, 9.17) is 4.74 Å². The van der Waals surface area contributed by atoms with Crippen LogP contribution in [0.3, 0.4) is 0 Å². The molecule has 1 aromatic rings. The zero-order valence-corrected chi connectivity index (χ0v) is 14.1. The van der Waals surface area contributed by atoms with E-state index in [0.717, 1.165) is 25.4 Å². The molecule has 1 aromatic carbocycles. The highest BCUT2D eigenvalue weighted by Gasteiger charge is 2.21. The van der Waals surface area contributed by atoms with Gasteiger partial charge in [-0.05, 0) is 45.6 Å². The van der Waals surface area contributed by atoms with E-state index in [1.165, 1.54) is 11.1 Å². The van der Waals surface area contributed by atoms with Crippen LogP contribution in [0.2, 0.25) is 0 Å². The Kier molecular flexibility index (Phi) is 5.80. The van der Waals surface area contributed by atoms with E-state index in [9.17, 15) is 4.79 Å². The van der Waals surface area contributed by atoms with Crippen molar-refractivity contribution in [1.82, 2.24) is 15.1 Å². The third kappa shape index (κ3) is 4.71. The number of piperazine rings is 1. The van der Waals surface area contributed by atoms with Crippen LogP contribution in [0, 0.1) is 0 Å². The van der Waals surface area contributed by atoms with Crippen molar-refractivity contribution in [1.29, 1.82) is 0 Å². The van der Waals surface area contributed by atoms with Crippen LogP contribution in [0.25, 0.3) is 0 Å². The molecule has 5 nitrogen and oxygen atoms in total. The van der Waals surface area contributed by atoms with Crippen molar-refractivity contribution < 1.29 is 9.53 Å². The average Bonchev–Trinajstić information content (AvgIpc) is 2.40. The van der Waals surface area contributed by atoms with Crippen LogP contribution in [0.4, 0.5) is 0 Å². The first kappa shape index (κ1) is 16.8. The predicted octanol–water partition coefficient (Wildman–Crippen LogP) is 1.47. The Hall–Kier alpha value is -1.59. The van der Waals surface area contributed by atoms with Crippen LogP contribution in [-0.2, 0) is 17.9 Å². The molecule has 1 amide bonds. The monoisotopic (exact) mass is 305 g/mol. The zero-order chi connectivity index (χ0) is 16.1. The SMILES string of the molecule is CCOc1ccc(CN2CC(=O)N[C@H](C)C2)cc1CN(C)C. The Morgan fingerprint density at radius 3 is 2.82 bits per heavy atom. The van der Waals surface area contributed by atoms with Crippen LogP contribution < -0.4 is 10.1 Å². The Labute approximate surface area is 133 Å². The van der Waals surface area contributed by atoms with Crippen LogP contribution in [0.15, 0.2) is 18.2 Å². The molecule has 0 saturated carbocycles. The van der Waals surface area contributed by atoms with E-state index in [0.29, 0.717) is 13.2 Å². The number of benzene rings is 1. The summed E-state index contributed by atoms with van der Waals surface area (Å²) in [5.74, 6) is 1.06. The van der Waals surface area contributed by atoms with Crippen LogP contribution >= 0.6 is 0 Å². The molecule has 0 aromatic heterocycles. The Morgan fingerprint density at radius 2 is 2.18 bits per heavy atom. The molecule has 1 N–H and O–H groups in total. The van der Waals surface area contributed by atoms with Crippen LogP contribution in [0.1, 0.15) is 25.0 Å². The number of hydrogen-bond donors (Lipinski definition) is 1. The molecule has 0 radical (unpaired) electrons. The predicted molar refractivity (Wildman–Crippen MR) is 87.9 cm³/mol. The van der Waals surface area contributed by atoms with Gasteiger partial charge in [0.25, 0.3) is 0 Å². The fourth-order valence-corrected chi connectivity index (χ4v) is 2.89. The molecule has 1 heterocycles. The third-order valence-corrected chi connectivity index (χ3v) is 3.62. The smallest absolute Gasteiger partial charge is 0.234 e. The summed E-state index contributed by atoms with van der Waals surface area (Å²) >= 11 is 0. The number of carbonyl (C=O) groups is 1. The van der Waals surface area contributed by atoms with Gasteiger partial charge in [0.2, 0.25) is 5.91 Å². The minimum Gasteiger partial charge on any atom is -0.494 e. The Bertz CT molecular complexity index is 517. The second-order valence-corrected chi connectivity index (χ2v) is 6.25. The summed E-state index contributed by atoms with van der Waals surface area (Å²) in [6.07, 6.45) is 0. The van der Waals surface area contributed by atoms with E-state index in [2.05, 4.69) is 41.3 Å². The van der Waals surface area contributed by atoms with Crippen molar-refractivity contribution in [3.63, 3.8) is 0 Å². The van der Waals surface area contributed by atoms with Crippen LogP contribution in [-0.4, -0.2) is 55.5 Å². The molecule has 2 rings (SSSR count). The normalized spacial score (nSPS) is 19.3. The van der Waals surface area contributed by atoms with Crippen molar-refractivity contribution >= 4 is 5.91 Å². The molecule has 1 aliphatic heterocycles. The van der Waals surface area contributed by atoms with Gasteiger partial charge < -0.3 is 15.0 Å². The summed E-state index contributed by atoms with van der Waals surface area (Å²) in [5, 5.41) is 2.95. The molecule has 1 atom stereocenters. The second-order valence-electron chi connectivity index (χ2n) is 6.25. The summed E-state index contributed by atoms with van der Waals surface area (Å²) in [6, 6.07) is 6.56. The van der Waals surface area contributed by atoms with E-state index >= 15 is 0 Å². The molecular formula is C17H27N3O2. The lowest BCUT2D eigenvalue weighted by Crippen LogP contribution is -2.52. The zero-order valence-electron chi connectivity index (χ0n) is 14.1. The summed E-state index contributed by atoms with van der Waals surface area (Å²) in [5.41, 5.74) is 2.42. The van der Waals surface area contributed by atoms with Crippen molar-refractivity contribution in [2.24, 2.45) is 0 Å². The van der Waals surface area contributed by atoms with Gasteiger partial charge in [-0.3, -0.25) is 9.69 Å². The lowest BCUT2D eigenvalue weighted by atomic mass is 10.1. The van der Waals surface area contributed by atoms with Crippen LogP contribution in [0.5, 0.6) is 5.75 Å². The van der Waals surface area contributed by atoms with Gasteiger partial charge >= 0.3 is 0 Å². The maximum atomic E-state index is 11.6. The molecule has 1 fully saturated rings. The standard InChI is InChI=1S/C17H27N3O2/c1-5-22-16-7-6-14(8-15(16)11-19(3)4)10-20-9-13(2)18-17(21)12-20/h6-8,13H,5,9-12H2,1-4H3,(H,18,21)/t13-/m1/s1. The number of hydrogen-bond acceptors (Lipinski definition) is 4. The fourth-order valence-electron chi connectivity index (χ4n) is 2.89. The molecule has 0 aliphatic carbocycles. The van der Waals surface area contributed by atoms with Gasteiger partial charge in [0, 0.05) is 31.2 Å². The quantitative estimate of drug-likeness (QED) is 0.864. The highest BCUT2D eigenvalue weighted by molar-refractivity contribution is 5.79. The van der Waals surface area contributed by atoms with Crippen molar-refractivity contribution in [2.75, 3.05) is 33.8 Å². The summed E-state index contributed by atoms with van der Waals surface area (Å²) in [7, 11) is 4.11. The number of nitrogens with one attached hydrogen (secondary N) is 1. The van der Waals surface area contributed by atoms with Crippen molar-refractivity contribution in [3.05, 3.63) is 29.3 Å². The van der Waals surface area contributed by atoms with E-state index in [-0.39, 0.29) is 11.9 Å². The average molecular weight is 305 g/mol. The number of carbonyl (C=O) groups excluding carboxylic acids is 1. The first-order valence-corrected chi connectivity index (χ1v) is 7.89. The van der Waals surface area contributed by atoms with Gasteiger partial charge in [-0.15, -0.1) is 0 Å². The Morgan fingerprint density at radius 1 is 1.41 bits per heavy atom. The topological polar surface area (TPSA) is 44.8 Å². The molecule has 1 saturated heterocycles. The molecular weight excluding hydrogens is 278 g/mol. The molecule has 0 unspecified atom stereocenters. The molecule has 22 heavy (non-hydrogen) atoms. The van der Waals surface area contributed by atoms with Crippen molar-refractivity contribution in [2.45, 2.75) is 33.0 Å². The van der Waals surface area contributed by atoms with Gasteiger partial charge in [0.1, 0.15) is 5.75 Å². The largest absolute Gasteiger partial charge is 0.494 e. The minimum atomic E-state index is 0.109. The summed E-state index contributed by atoms with van der Waals surface area (Å²) in [6.45, 7) is 7.72. The molecule has 1 aliphatic rings. The first-order valence-electron chi connectivity index (χ1n) is 7.89. The van der Waals surface area contributed by atoms with E-state index in [1.807, 2.05) is 19.9 Å². The van der Waals surface area contributed by atoms with Gasteiger partial charge in [0.15, 0.2) is 0 Å². The van der Waals surface area contributed by atoms with Gasteiger partial charge in [0.05, 0.1) is 13.2 Å². The maximum absolute atomic E-state index is 11.6. The second kappa shape index (κ2) is 7.61. The summed E-state index contributed by atoms with van der Waals surface area (Å²) in [4.78, 5) is 16.0. The first-order chi connectivity index (χ1) is 10.5. The van der Waals surface area contributed by atoms with E-state index in [1.54, 1.807) is 0 Å². The van der Waals surface area contributed by atoms with Crippen molar-refractivity contribution in [3.8, 4) is 5.75 Å². The lowest BCUT2D eigenvalue weighted by molar-refractivity contribution is -0.125. The maximum Gasteiger partial charge on any atom is 0.234 e. The number of rotatable bonds is 6. The van der Waals surface area contributed by atoms with Gasteiger partial charge in [-0.2, -0.15) is 0 Å². The fraction of sp³-hybridized carbons (Fsp3) is 0.588. The van der Waals surface area contributed by atoms with Gasteiger partial charge in [-0.25, -0.2) is 0 Å². The third-order valence-electron chi connectivity index (χ3n) is 3.62. The highest BCUT2D eigenvalue weighted by Crippen LogP contribution is 2.22. The highest BCUT2D eigenvalue weighted by atomic mass is 16.5. The lowest BCUT2D eigenvalue weighted by Gasteiger charge is -2.31. The number of amides is 1. The molecule has 0 spiro atoms. The molecule has 122 valence electrons. The van der Waals surface area contributed by atoms with Gasteiger partial charge in [-0.1, -0.05) is 6.07 Å². The van der Waals surface area contributed by atoms with E-state index < -0.39 is 0 Å². The molecule has 0 bridgehead atoms. The molecule has 5 heteroatoms. The number of ether oxygens (including phenoxy) is 1. The minimum absolute atomic E-state index is 0.109. The number of nitrogens with zero attached hydrogens (tertiary/aromatic N) is 2. The summed E-state index contributed by atoms with van der Waals surface area (Å²) < 4.78 is 5.71.